The summed E-state index contributed by atoms with van der Waals surface area (Å²) in [6, 6.07) is 0. The van der Waals surface area contributed by atoms with Crippen molar-refractivity contribution in [2.45, 2.75) is 97.2 Å². The first-order valence-corrected chi connectivity index (χ1v) is 12.1. The highest BCUT2D eigenvalue weighted by Gasteiger charge is 2.63. The molecule has 0 amide bonds. The maximum Gasteiger partial charge on any atom is 0.305 e. The van der Waals surface area contributed by atoms with Gasteiger partial charge in [-0.1, -0.05) is 20.8 Å². The van der Waals surface area contributed by atoms with Crippen LogP contribution in [-0.4, -0.2) is 35.5 Å². The van der Waals surface area contributed by atoms with E-state index >= 15 is 0 Å². The molecular formula is C25H42O4. The van der Waals surface area contributed by atoms with Crippen LogP contribution in [0.4, 0.5) is 0 Å². The summed E-state index contributed by atoms with van der Waals surface area (Å²) in [5, 5.41) is 21.8. The Labute approximate surface area is 176 Å². The highest BCUT2D eigenvalue weighted by molar-refractivity contribution is 5.69. The molecule has 29 heavy (non-hydrogen) atoms. The van der Waals surface area contributed by atoms with Crippen LogP contribution in [0.5, 0.6) is 0 Å². The van der Waals surface area contributed by atoms with Crippen molar-refractivity contribution in [2.24, 2.45) is 46.3 Å². The minimum absolute atomic E-state index is 0.0198. The first kappa shape index (κ1) is 21.6. The fourth-order valence-corrected chi connectivity index (χ4v) is 8.81. The number of carbonyl (C=O) groups excluding carboxylic acids is 1. The lowest BCUT2D eigenvalue weighted by Crippen LogP contribution is -2.58. The zero-order valence-electron chi connectivity index (χ0n) is 18.9. The predicted octanol–water partition coefficient (Wildman–Crippen LogP) is 4.57. The molecule has 0 spiro atoms. The summed E-state index contributed by atoms with van der Waals surface area (Å²) in [6.07, 6.45) is 9.86. The molecule has 4 nitrogen and oxygen atoms in total. The van der Waals surface area contributed by atoms with Crippen LogP contribution in [0, 0.1) is 46.3 Å². The van der Waals surface area contributed by atoms with Crippen LogP contribution in [0.15, 0.2) is 0 Å². The molecule has 4 saturated carbocycles. The van der Waals surface area contributed by atoms with Crippen molar-refractivity contribution in [1.82, 2.24) is 0 Å². The molecule has 2 N–H and O–H groups in total. The minimum Gasteiger partial charge on any atom is -0.469 e. The number of aliphatic hydroxyl groups excluding tert-OH is 2. The van der Waals surface area contributed by atoms with Gasteiger partial charge in [0.2, 0.25) is 0 Å². The van der Waals surface area contributed by atoms with Gasteiger partial charge in [-0.2, -0.15) is 0 Å². The number of esters is 1. The maximum absolute atomic E-state index is 11.6. The minimum atomic E-state index is -0.246. The summed E-state index contributed by atoms with van der Waals surface area (Å²) in [6.45, 7) is 7.12. The largest absolute Gasteiger partial charge is 0.469 e. The van der Waals surface area contributed by atoms with E-state index in [4.69, 9.17) is 4.74 Å². The normalized spacial score (nSPS) is 50.2. The Hall–Kier alpha value is -0.610. The third-order valence-electron chi connectivity index (χ3n) is 10.5. The SMILES string of the molecule is COC(=O)CC[C@H](C)[C@@H]1CC[C@@H]2[C@@H]3CC[C@H]4C[C@H](O)CC[C@]4(C)[C@@H]3C[C@@H](O)[C@@]21C. The van der Waals surface area contributed by atoms with Gasteiger partial charge in [0.25, 0.3) is 0 Å². The molecule has 0 heterocycles. The summed E-state index contributed by atoms with van der Waals surface area (Å²) in [4.78, 5) is 11.6. The quantitative estimate of drug-likeness (QED) is 0.671. The van der Waals surface area contributed by atoms with Crippen molar-refractivity contribution in [3.8, 4) is 0 Å². The van der Waals surface area contributed by atoms with Gasteiger partial charge in [0.05, 0.1) is 19.3 Å². The summed E-state index contributed by atoms with van der Waals surface area (Å²) in [7, 11) is 1.46. The van der Waals surface area contributed by atoms with Gasteiger partial charge in [-0.15, -0.1) is 0 Å². The number of methoxy groups -OCH3 is 1. The zero-order chi connectivity index (χ0) is 21.0. The van der Waals surface area contributed by atoms with E-state index in [9.17, 15) is 15.0 Å². The zero-order valence-corrected chi connectivity index (χ0v) is 18.9. The number of aliphatic hydroxyl groups is 2. The maximum atomic E-state index is 11.6. The third-order valence-corrected chi connectivity index (χ3v) is 10.5. The third kappa shape index (κ3) is 3.37. The summed E-state index contributed by atoms with van der Waals surface area (Å²) in [5.41, 5.74) is 0.271. The Balaban J connectivity index is 1.53. The number of hydrogen-bond donors (Lipinski definition) is 2. The molecule has 0 aliphatic heterocycles. The van der Waals surface area contributed by atoms with Crippen LogP contribution in [0.2, 0.25) is 0 Å². The van der Waals surface area contributed by atoms with E-state index < -0.39 is 0 Å². The monoisotopic (exact) mass is 406 g/mol. The average molecular weight is 407 g/mol. The first-order valence-electron chi connectivity index (χ1n) is 12.1. The van der Waals surface area contributed by atoms with Crippen LogP contribution >= 0.6 is 0 Å². The first-order chi connectivity index (χ1) is 13.7. The Morgan fingerprint density at radius 2 is 1.83 bits per heavy atom. The van der Waals surface area contributed by atoms with Gasteiger partial charge in [0.15, 0.2) is 0 Å². The molecule has 0 unspecified atom stereocenters. The molecular weight excluding hydrogens is 364 g/mol. The van der Waals surface area contributed by atoms with Crippen LogP contribution < -0.4 is 0 Å². The Morgan fingerprint density at radius 1 is 1.07 bits per heavy atom. The Kier molecular flexibility index (Phi) is 5.83. The van der Waals surface area contributed by atoms with Crippen LogP contribution in [0.1, 0.15) is 85.0 Å². The molecule has 4 heteroatoms. The summed E-state index contributed by atoms with van der Waals surface area (Å²) < 4.78 is 4.85. The summed E-state index contributed by atoms with van der Waals surface area (Å²) in [5.74, 6) is 3.36. The second kappa shape index (κ2) is 7.82. The second-order valence-corrected chi connectivity index (χ2v) is 11.5. The molecule has 4 rings (SSSR count). The molecule has 0 radical (unpaired) electrons. The Bertz CT molecular complexity index is 620. The van der Waals surface area contributed by atoms with Crippen molar-refractivity contribution < 1.29 is 19.7 Å². The van der Waals surface area contributed by atoms with Crippen molar-refractivity contribution in [1.29, 1.82) is 0 Å². The van der Waals surface area contributed by atoms with E-state index in [0.717, 1.165) is 38.0 Å². The average Bonchev–Trinajstić information content (AvgIpc) is 3.06. The lowest BCUT2D eigenvalue weighted by Gasteiger charge is -2.62. The molecule has 10 atom stereocenters. The van der Waals surface area contributed by atoms with Gasteiger partial charge in [0, 0.05) is 6.42 Å². The lowest BCUT2D eigenvalue weighted by atomic mass is 9.43. The molecule has 0 saturated heterocycles. The highest BCUT2D eigenvalue weighted by Crippen LogP contribution is 2.68. The Morgan fingerprint density at radius 3 is 2.55 bits per heavy atom. The van der Waals surface area contributed by atoms with Crippen LogP contribution in [0.25, 0.3) is 0 Å². The molecule has 4 fully saturated rings. The molecule has 4 aliphatic rings. The van der Waals surface area contributed by atoms with Crippen LogP contribution in [0.3, 0.4) is 0 Å². The lowest BCUT2D eigenvalue weighted by molar-refractivity contribution is -0.175. The van der Waals surface area contributed by atoms with Crippen molar-refractivity contribution in [3.63, 3.8) is 0 Å². The predicted molar refractivity (Wildman–Crippen MR) is 113 cm³/mol. The fourth-order valence-electron chi connectivity index (χ4n) is 8.81. The smallest absolute Gasteiger partial charge is 0.305 e. The van der Waals surface area contributed by atoms with E-state index in [2.05, 4.69) is 20.8 Å². The van der Waals surface area contributed by atoms with E-state index in [0.29, 0.717) is 41.4 Å². The fraction of sp³-hybridized carbons (Fsp3) is 0.960. The van der Waals surface area contributed by atoms with E-state index in [1.165, 1.54) is 32.8 Å². The van der Waals surface area contributed by atoms with Crippen molar-refractivity contribution >= 4 is 5.97 Å². The molecule has 0 aromatic carbocycles. The highest BCUT2D eigenvalue weighted by atomic mass is 16.5. The number of hydrogen-bond acceptors (Lipinski definition) is 4. The summed E-state index contributed by atoms with van der Waals surface area (Å²) >= 11 is 0. The van der Waals surface area contributed by atoms with Crippen LogP contribution in [-0.2, 0) is 9.53 Å². The van der Waals surface area contributed by atoms with Gasteiger partial charge in [0.1, 0.15) is 0 Å². The molecule has 166 valence electrons. The molecule has 0 aromatic heterocycles. The number of rotatable bonds is 4. The van der Waals surface area contributed by atoms with Gasteiger partial charge in [-0.3, -0.25) is 4.79 Å². The number of carbonyl (C=O) groups is 1. The van der Waals surface area contributed by atoms with Gasteiger partial charge in [-0.05, 0) is 104 Å². The van der Waals surface area contributed by atoms with Crippen molar-refractivity contribution in [2.75, 3.05) is 7.11 Å². The second-order valence-electron chi connectivity index (χ2n) is 11.5. The van der Waals surface area contributed by atoms with Gasteiger partial charge < -0.3 is 14.9 Å². The van der Waals surface area contributed by atoms with Crippen molar-refractivity contribution in [3.05, 3.63) is 0 Å². The molecule has 0 bridgehead atoms. The standard InChI is InChI=1S/C25H42O4/c1-15(5-10-23(28)29-4)19-8-9-20-18-7-6-16-13-17(26)11-12-24(16,2)21(18)14-22(27)25(19,20)3/h15-22,26-27H,5-14H2,1-4H3/t15-,16-,17+,18-,19-,20+,21+,22+,24-,25+/m0/s1. The van der Waals surface area contributed by atoms with Gasteiger partial charge in [-0.25, -0.2) is 0 Å². The van der Waals surface area contributed by atoms with E-state index in [1.54, 1.807) is 0 Å². The number of fused-ring (bicyclic) bond motifs is 5. The molecule has 4 aliphatic carbocycles. The van der Waals surface area contributed by atoms with Gasteiger partial charge >= 0.3 is 5.97 Å². The van der Waals surface area contributed by atoms with E-state index in [1.807, 2.05) is 0 Å². The topological polar surface area (TPSA) is 66.8 Å². The molecule has 0 aromatic rings. The van der Waals surface area contributed by atoms with E-state index in [-0.39, 0.29) is 23.6 Å². The number of ether oxygens (including phenoxy) is 1.